The van der Waals surface area contributed by atoms with Crippen molar-refractivity contribution in [2.75, 3.05) is 13.1 Å². The molecule has 2 amide bonds. The molecule has 0 aliphatic heterocycles. The molecule has 0 spiro atoms. The Kier molecular flexibility index (Phi) is 5.85. The Morgan fingerprint density at radius 3 is 2.54 bits per heavy atom. The van der Waals surface area contributed by atoms with Gasteiger partial charge in [0.15, 0.2) is 0 Å². The first-order valence-electron chi connectivity index (χ1n) is 8.01. The number of halogens is 2. The molecule has 0 aliphatic rings. The van der Waals surface area contributed by atoms with Crippen LogP contribution < -0.4 is 10.6 Å². The van der Waals surface area contributed by atoms with Crippen LogP contribution in [0.1, 0.15) is 15.2 Å². The van der Waals surface area contributed by atoms with Gasteiger partial charge in [0.05, 0.1) is 11.6 Å². The molecular weight excluding hydrogens is 375 g/mol. The highest BCUT2D eigenvalue weighted by Gasteiger charge is 2.17. The lowest BCUT2D eigenvalue weighted by molar-refractivity contribution is -0.120. The van der Waals surface area contributed by atoms with Crippen LogP contribution in [0.4, 0.5) is 4.39 Å². The highest BCUT2D eigenvalue weighted by atomic mass is 35.5. The Morgan fingerprint density at radius 1 is 1.04 bits per heavy atom. The van der Waals surface area contributed by atoms with Crippen molar-refractivity contribution in [3.05, 3.63) is 69.8 Å². The summed E-state index contributed by atoms with van der Waals surface area (Å²) in [5, 5.41) is 6.43. The summed E-state index contributed by atoms with van der Waals surface area (Å²) in [6, 6.07) is 13.9. The topological polar surface area (TPSA) is 58.2 Å². The van der Waals surface area contributed by atoms with Crippen molar-refractivity contribution >= 4 is 44.8 Å². The smallest absolute Gasteiger partial charge is 0.263 e. The maximum absolute atomic E-state index is 13.5. The Hall–Kier alpha value is -2.44. The highest BCUT2D eigenvalue weighted by molar-refractivity contribution is 7.21. The van der Waals surface area contributed by atoms with Crippen LogP contribution in [0.3, 0.4) is 0 Å². The van der Waals surface area contributed by atoms with E-state index in [1.54, 1.807) is 18.2 Å². The SMILES string of the molecule is O=C(CNC(=O)c1sc2ccccc2c1Cl)NCCc1ccccc1F. The first-order chi connectivity index (χ1) is 12.6. The third kappa shape index (κ3) is 4.20. The lowest BCUT2D eigenvalue weighted by Gasteiger charge is -2.07. The molecule has 0 atom stereocenters. The van der Waals surface area contributed by atoms with Gasteiger partial charge in [-0.25, -0.2) is 4.39 Å². The Morgan fingerprint density at radius 2 is 1.77 bits per heavy atom. The monoisotopic (exact) mass is 390 g/mol. The number of hydrogen-bond acceptors (Lipinski definition) is 3. The maximum Gasteiger partial charge on any atom is 0.263 e. The van der Waals surface area contributed by atoms with Gasteiger partial charge in [0, 0.05) is 16.6 Å². The zero-order chi connectivity index (χ0) is 18.5. The fourth-order valence-corrected chi connectivity index (χ4v) is 3.93. The number of thiophene rings is 1. The van der Waals surface area contributed by atoms with Crippen molar-refractivity contribution in [2.45, 2.75) is 6.42 Å². The summed E-state index contributed by atoms with van der Waals surface area (Å²) >= 11 is 7.53. The summed E-state index contributed by atoms with van der Waals surface area (Å²) in [5.41, 5.74) is 0.536. The predicted octanol–water partition coefficient (Wildman–Crippen LogP) is 3.78. The van der Waals surface area contributed by atoms with Gasteiger partial charge in [0.2, 0.25) is 5.91 Å². The van der Waals surface area contributed by atoms with Crippen LogP contribution in [0.25, 0.3) is 10.1 Å². The molecule has 7 heteroatoms. The highest BCUT2D eigenvalue weighted by Crippen LogP contribution is 2.34. The van der Waals surface area contributed by atoms with E-state index in [9.17, 15) is 14.0 Å². The first kappa shape index (κ1) is 18.4. The average molecular weight is 391 g/mol. The molecule has 0 saturated heterocycles. The van der Waals surface area contributed by atoms with Gasteiger partial charge >= 0.3 is 0 Å². The van der Waals surface area contributed by atoms with Crippen molar-refractivity contribution < 1.29 is 14.0 Å². The van der Waals surface area contributed by atoms with Gasteiger partial charge in [0.1, 0.15) is 10.7 Å². The third-order valence-electron chi connectivity index (χ3n) is 3.82. The van der Waals surface area contributed by atoms with Crippen molar-refractivity contribution in [2.24, 2.45) is 0 Å². The van der Waals surface area contributed by atoms with Crippen LogP contribution >= 0.6 is 22.9 Å². The van der Waals surface area contributed by atoms with E-state index in [1.807, 2.05) is 24.3 Å². The van der Waals surface area contributed by atoms with Crippen LogP contribution in [0.5, 0.6) is 0 Å². The van der Waals surface area contributed by atoms with E-state index in [2.05, 4.69) is 10.6 Å². The molecule has 2 N–H and O–H groups in total. The summed E-state index contributed by atoms with van der Waals surface area (Å²) < 4.78 is 14.4. The molecule has 4 nitrogen and oxygen atoms in total. The van der Waals surface area contributed by atoms with Crippen LogP contribution in [0.2, 0.25) is 5.02 Å². The molecule has 0 radical (unpaired) electrons. The van der Waals surface area contributed by atoms with Crippen molar-refractivity contribution in [1.29, 1.82) is 0 Å². The number of hydrogen-bond donors (Lipinski definition) is 2. The zero-order valence-electron chi connectivity index (χ0n) is 13.7. The van der Waals surface area contributed by atoms with Crippen LogP contribution in [0, 0.1) is 5.82 Å². The Balaban J connectivity index is 1.50. The molecule has 1 heterocycles. The first-order valence-corrected chi connectivity index (χ1v) is 9.21. The number of amides is 2. The summed E-state index contributed by atoms with van der Waals surface area (Å²) in [6.07, 6.45) is 0.383. The molecule has 134 valence electrons. The summed E-state index contributed by atoms with van der Waals surface area (Å²) in [4.78, 5) is 24.5. The molecule has 0 saturated carbocycles. The second-order valence-corrected chi connectivity index (χ2v) is 7.05. The zero-order valence-corrected chi connectivity index (χ0v) is 15.3. The number of fused-ring (bicyclic) bond motifs is 1. The summed E-state index contributed by atoms with van der Waals surface area (Å²) in [5.74, 6) is -1.03. The van der Waals surface area contributed by atoms with Gasteiger partial charge in [-0.3, -0.25) is 9.59 Å². The molecule has 0 bridgehead atoms. The van der Waals surface area contributed by atoms with E-state index in [0.717, 1.165) is 10.1 Å². The van der Waals surface area contributed by atoms with E-state index < -0.39 is 0 Å². The van der Waals surface area contributed by atoms with E-state index in [0.29, 0.717) is 28.4 Å². The lowest BCUT2D eigenvalue weighted by atomic mass is 10.1. The molecule has 0 fully saturated rings. The van der Waals surface area contributed by atoms with Gasteiger partial charge in [-0.05, 0) is 24.1 Å². The van der Waals surface area contributed by atoms with Gasteiger partial charge in [0.25, 0.3) is 5.91 Å². The largest absolute Gasteiger partial charge is 0.354 e. The standard InChI is InChI=1S/C19H16ClFN2O2S/c20-17-13-6-2-4-8-15(13)26-18(17)19(25)23-11-16(24)22-10-9-12-5-1-3-7-14(12)21/h1-8H,9-11H2,(H,22,24)(H,23,25). The molecule has 0 aliphatic carbocycles. The normalized spacial score (nSPS) is 10.7. The molecule has 1 aromatic heterocycles. The fourth-order valence-electron chi connectivity index (χ4n) is 2.50. The van der Waals surface area contributed by atoms with Crippen LogP contribution in [-0.2, 0) is 11.2 Å². The molecule has 26 heavy (non-hydrogen) atoms. The second kappa shape index (κ2) is 8.29. The van der Waals surface area contributed by atoms with E-state index in [1.165, 1.54) is 17.4 Å². The number of nitrogens with one attached hydrogen (secondary N) is 2. The fraction of sp³-hybridized carbons (Fsp3) is 0.158. The number of rotatable bonds is 6. The lowest BCUT2D eigenvalue weighted by Crippen LogP contribution is -2.37. The Bertz CT molecular complexity index is 958. The minimum Gasteiger partial charge on any atom is -0.354 e. The quantitative estimate of drug-likeness (QED) is 0.673. The average Bonchev–Trinajstić information content (AvgIpc) is 2.98. The number of carbonyl (C=O) groups excluding carboxylic acids is 2. The Labute approximate surface area is 159 Å². The van der Waals surface area contributed by atoms with Gasteiger partial charge < -0.3 is 10.6 Å². The number of carbonyl (C=O) groups is 2. The van der Waals surface area contributed by atoms with Crippen LogP contribution in [0.15, 0.2) is 48.5 Å². The van der Waals surface area contributed by atoms with E-state index >= 15 is 0 Å². The molecule has 3 rings (SSSR count). The number of benzene rings is 2. The van der Waals surface area contributed by atoms with Crippen molar-refractivity contribution in [1.82, 2.24) is 10.6 Å². The molecular formula is C19H16ClFN2O2S. The van der Waals surface area contributed by atoms with Crippen LogP contribution in [-0.4, -0.2) is 24.9 Å². The van der Waals surface area contributed by atoms with Gasteiger partial charge in [-0.1, -0.05) is 48.0 Å². The molecule has 3 aromatic rings. The summed E-state index contributed by atoms with van der Waals surface area (Å²) in [7, 11) is 0. The van der Waals surface area contributed by atoms with Crippen molar-refractivity contribution in [3.63, 3.8) is 0 Å². The minimum atomic E-state index is -0.388. The maximum atomic E-state index is 13.5. The van der Waals surface area contributed by atoms with E-state index in [4.69, 9.17) is 11.6 Å². The second-order valence-electron chi connectivity index (χ2n) is 5.62. The molecule has 2 aromatic carbocycles. The minimum absolute atomic E-state index is 0.166. The van der Waals surface area contributed by atoms with E-state index in [-0.39, 0.29) is 24.2 Å². The third-order valence-corrected chi connectivity index (χ3v) is 5.50. The van der Waals surface area contributed by atoms with Crippen molar-refractivity contribution in [3.8, 4) is 0 Å². The van der Waals surface area contributed by atoms with Gasteiger partial charge in [-0.2, -0.15) is 0 Å². The molecule has 0 unspecified atom stereocenters. The van der Waals surface area contributed by atoms with Gasteiger partial charge in [-0.15, -0.1) is 11.3 Å². The summed E-state index contributed by atoms with van der Waals surface area (Å²) in [6.45, 7) is 0.125. The predicted molar refractivity (Wildman–Crippen MR) is 102 cm³/mol.